The van der Waals surface area contributed by atoms with E-state index in [-0.39, 0.29) is 5.88 Å². The van der Waals surface area contributed by atoms with Crippen LogP contribution in [0.15, 0.2) is 0 Å². The van der Waals surface area contributed by atoms with Gasteiger partial charge < -0.3 is 86.0 Å². The molecule has 13 atom stereocenters. The molecule has 1 amide bonds. The lowest BCUT2D eigenvalue weighted by molar-refractivity contribution is -0.186. The molecule has 0 radical (unpaired) electrons. The first kappa shape index (κ1) is 80.2. The molecule has 35 nitrogen and oxygen atoms in total. The predicted octanol–water partition coefficient (Wildman–Crippen LogP) is 0.604. The second-order valence-electron chi connectivity index (χ2n) is 20.8. The number of anilines is 1. The van der Waals surface area contributed by atoms with Gasteiger partial charge in [-0.05, 0) is 104 Å². The normalized spacial score (nSPS) is 16.2. The average Bonchev–Trinajstić information content (AvgIpc) is 1.74. The van der Waals surface area contributed by atoms with Gasteiger partial charge in [-0.25, -0.2) is 52.7 Å². The number of nitrogens with zero attached hydrogens (tertiary/aromatic N) is 4. The highest BCUT2D eigenvalue weighted by Crippen LogP contribution is 2.27. The number of esters is 13. The van der Waals surface area contributed by atoms with E-state index >= 15 is 0 Å². The van der Waals surface area contributed by atoms with Crippen molar-refractivity contribution in [2.75, 3.05) is 44.4 Å². The van der Waals surface area contributed by atoms with Crippen molar-refractivity contribution in [2.45, 2.75) is 210 Å². The molecule has 1 fully saturated rings. The number of amides is 1. The summed E-state index contributed by atoms with van der Waals surface area (Å²) < 4.78 is 84.3. The van der Waals surface area contributed by atoms with Crippen LogP contribution in [-0.2, 0) is 138 Å². The van der Waals surface area contributed by atoms with Crippen LogP contribution < -0.4 is 9.64 Å². The SMILES string of the molecule is CC(=O)O[C@@H](C)C(=O)O[C@@H](C)C(=O)O[C@@H](C)C(=O)O[C@@H](C)C(=O)O.CC(=O)O[C@@H](C)C(=O)O[C@@H](C)C(=O)O[C@@H](C)C(=O)O[C@@H](C)C(=O)O[C@H](COc1nsnc1N1CCOCC1)CN(C(=O)[C@H](C)OC(=O)[C@H](C)OC(=O)[C@H](C)OC(=O)[C@H](C)OC(C)=O)C(C)(C)C. The van der Waals surface area contributed by atoms with Crippen molar-refractivity contribution in [3.05, 3.63) is 0 Å². The summed E-state index contributed by atoms with van der Waals surface area (Å²) in [4.78, 5) is 185. The summed E-state index contributed by atoms with van der Waals surface area (Å²) >= 11 is 0.863. The maximum absolute atomic E-state index is 14.0. The van der Waals surface area contributed by atoms with Gasteiger partial charge in [-0.1, -0.05) is 0 Å². The molecule has 1 aliphatic rings. The third kappa shape index (κ3) is 29.1. The number of ether oxygens (including phenoxy) is 15. The summed E-state index contributed by atoms with van der Waals surface area (Å²) in [5, 5.41) is 8.62. The standard InChI is InChI=1S/C41H60N4O21S.C14H20O10/c1-20(60-36(51)23(4)63-37(52)24(5)61-34(49)21(2)58-28(9)46)33(48)45(41(11,12)13)18-30(19-57-32-31(42-67-43-32)44-14-16-56-17-15-44)66-40(55)27(8)65-39(54)26(7)64-38(53)25(6)62-35(50)22(3)59-29(10)47;1-6(11(16)17)22-13(19)8(3)24-14(20)9(4)23-12(18)7(2)21-10(5)15/h20-27,30H,14-19H2,1-13H3;6-9H,1-5H3,(H,16,17)/t20-,21-,22-,23-,24-,25-,26-,27-,30-;6-,7-,8-,9-/m00/s1. The van der Waals surface area contributed by atoms with Crippen molar-refractivity contribution in [3.8, 4) is 5.88 Å². The lowest BCUT2D eigenvalue weighted by Crippen LogP contribution is -2.54. The number of aliphatic carboxylic acids is 1. The number of carbonyl (C=O) groups excluding carboxylic acids is 14. The first-order valence-corrected chi connectivity index (χ1v) is 28.7. The molecular weight excluding hydrogens is 1240 g/mol. The van der Waals surface area contributed by atoms with E-state index in [4.69, 9.17) is 66.7 Å². The summed E-state index contributed by atoms with van der Waals surface area (Å²) in [6.45, 7) is 23.4. The van der Waals surface area contributed by atoms with Gasteiger partial charge in [0.25, 0.3) is 11.8 Å². The number of carboxylic acid groups (broad SMARTS) is 1. The van der Waals surface area contributed by atoms with E-state index in [1.807, 2.05) is 4.90 Å². The van der Waals surface area contributed by atoms with Gasteiger partial charge in [-0.2, -0.15) is 4.37 Å². The van der Waals surface area contributed by atoms with E-state index in [9.17, 15) is 71.9 Å². The Labute approximate surface area is 527 Å². The van der Waals surface area contributed by atoms with Crippen molar-refractivity contribution < 1.29 is 148 Å². The van der Waals surface area contributed by atoms with E-state index in [0.29, 0.717) is 32.1 Å². The molecule has 91 heavy (non-hydrogen) atoms. The van der Waals surface area contributed by atoms with E-state index in [2.05, 4.69) is 18.2 Å². The largest absolute Gasteiger partial charge is 0.479 e. The first-order chi connectivity index (χ1) is 42.1. The molecule has 36 heteroatoms. The minimum Gasteiger partial charge on any atom is -0.479 e. The lowest BCUT2D eigenvalue weighted by Gasteiger charge is -2.39. The molecule has 0 unspecified atom stereocenters. The van der Waals surface area contributed by atoms with Crippen LogP contribution in [0, 0.1) is 0 Å². The van der Waals surface area contributed by atoms with Crippen LogP contribution in [0.3, 0.4) is 0 Å². The quantitative estimate of drug-likeness (QED) is 0.0785. The van der Waals surface area contributed by atoms with Crippen molar-refractivity contribution in [2.24, 2.45) is 0 Å². The summed E-state index contributed by atoms with van der Waals surface area (Å²) in [7, 11) is 0. The van der Waals surface area contributed by atoms with Crippen LogP contribution in [-0.4, -0.2) is 233 Å². The molecule has 1 aliphatic heterocycles. The zero-order valence-electron chi connectivity index (χ0n) is 53.6. The van der Waals surface area contributed by atoms with Gasteiger partial charge in [0.2, 0.25) is 5.82 Å². The number of hydrogen-bond acceptors (Lipinski definition) is 34. The molecule has 1 aromatic rings. The topological polar surface area (TPSA) is 447 Å². The fraction of sp³-hybridized carbons (Fsp3) is 0.691. The van der Waals surface area contributed by atoms with E-state index < -0.39 is 188 Å². The molecule has 512 valence electrons. The minimum absolute atomic E-state index is 0.0891. The van der Waals surface area contributed by atoms with Gasteiger partial charge in [0.1, 0.15) is 6.61 Å². The van der Waals surface area contributed by atoms with Gasteiger partial charge >= 0.3 is 83.6 Å². The fourth-order valence-corrected chi connectivity index (χ4v) is 7.19. The number of hydrogen-bond donors (Lipinski definition) is 1. The second kappa shape index (κ2) is 38.0. The predicted molar refractivity (Wildman–Crippen MR) is 301 cm³/mol. The van der Waals surface area contributed by atoms with E-state index in [1.54, 1.807) is 20.8 Å². The van der Waals surface area contributed by atoms with Gasteiger partial charge in [-0.3, -0.25) is 19.2 Å². The van der Waals surface area contributed by atoms with Crippen molar-refractivity contribution in [1.29, 1.82) is 0 Å². The van der Waals surface area contributed by atoms with Crippen molar-refractivity contribution >= 4 is 107 Å². The van der Waals surface area contributed by atoms with Crippen LogP contribution >= 0.6 is 11.7 Å². The summed E-state index contributed by atoms with van der Waals surface area (Å²) in [6.07, 6.45) is -18.8. The van der Waals surface area contributed by atoms with Crippen LogP contribution in [0.25, 0.3) is 0 Å². The van der Waals surface area contributed by atoms with Crippen LogP contribution in [0.1, 0.15) is 125 Å². The Bertz CT molecular complexity index is 2740. The van der Waals surface area contributed by atoms with Crippen LogP contribution in [0.5, 0.6) is 5.88 Å². The molecule has 0 bridgehead atoms. The Morgan fingerprint density at radius 1 is 0.440 bits per heavy atom. The Morgan fingerprint density at radius 2 is 0.714 bits per heavy atom. The highest BCUT2D eigenvalue weighted by Gasteiger charge is 2.39. The third-order valence-corrected chi connectivity index (χ3v) is 12.1. The molecule has 1 N–H and O–H groups in total. The maximum Gasteiger partial charge on any atom is 0.347 e. The summed E-state index contributed by atoms with van der Waals surface area (Å²) in [5.74, 6) is -14.8. The molecule has 2 heterocycles. The zero-order chi connectivity index (χ0) is 69.9. The molecule has 0 spiro atoms. The lowest BCUT2D eigenvalue weighted by atomic mass is 10.0. The number of morpholine rings is 1. The number of carbonyl (C=O) groups is 15. The Hall–Kier alpha value is -8.83. The van der Waals surface area contributed by atoms with E-state index in [0.717, 1.165) is 60.2 Å². The zero-order valence-corrected chi connectivity index (χ0v) is 54.5. The smallest absolute Gasteiger partial charge is 0.347 e. The van der Waals surface area contributed by atoms with Gasteiger partial charge in [0, 0.05) is 39.4 Å². The number of rotatable bonds is 31. The average molecular weight is 1330 g/mol. The molecule has 2 rings (SSSR count). The summed E-state index contributed by atoms with van der Waals surface area (Å²) in [6, 6.07) is 0. The highest BCUT2D eigenvalue weighted by atomic mass is 32.1. The van der Waals surface area contributed by atoms with Gasteiger partial charge in [0.05, 0.1) is 31.5 Å². The Kier molecular flexibility index (Phi) is 33.5. The Morgan fingerprint density at radius 3 is 1.00 bits per heavy atom. The van der Waals surface area contributed by atoms with Gasteiger partial charge in [-0.15, -0.1) is 4.37 Å². The second-order valence-corrected chi connectivity index (χ2v) is 21.3. The molecular formula is C55H80N4O31S. The summed E-state index contributed by atoms with van der Waals surface area (Å²) in [5.41, 5.74) is -1.05. The van der Waals surface area contributed by atoms with Crippen molar-refractivity contribution in [1.82, 2.24) is 13.6 Å². The molecule has 1 saturated heterocycles. The third-order valence-electron chi connectivity index (χ3n) is 11.6. The monoisotopic (exact) mass is 1320 g/mol. The number of aromatic nitrogens is 2. The maximum atomic E-state index is 14.0. The van der Waals surface area contributed by atoms with Crippen LogP contribution in [0.2, 0.25) is 0 Å². The minimum atomic E-state index is -1.63. The first-order valence-electron chi connectivity index (χ1n) is 28.0. The van der Waals surface area contributed by atoms with E-state index in [1.165, 1.54) is 60.3 Å². The molecule has 1 aromatic heterocycles. The molecule has 0 aliphatic carbocycles. The number of carboxylic acids is 1. The van der Waals surface area contributed by atoms with Crippen LogP contribution in [0.4, 0.5) is 5.82 Å². The highest BCUT2D eigenvalue weighted by molar-refractivity contribution is 6.99. The van der Waals surface area contributed by atoms with Gasteiger partial charge in [0.15, 0.2) is 79.4 Å². The molecule has 0 aromatic carbocycles. The molecule has 0 saturated carbocycles. The van der Waals surface area contributed by atoms with Crippen molar-refractivity contribution in [3.63, 3.8) is 0 Å². The Balaban J connectivity index is 0.00000145. The fourth-order valence-electron chi connectivity index (χ4n) is 6.67.